The number of allylic oxidation sites excluding steroid dienone is 8. The summed E-state index contributed by atoms with van der Waals surface area (Å²) in [5.41, 5.74) is 0. The van der Waals surface area contributed by atoms with Gasteiger partial charge in [0.2, 0.25) is 0 Å². The monoisotopic (exact) mass is 402 g/mol. The Balaban J connectivity index is 1.88. The zero-order valence-corrected chi connectivity index (χ0v) is 18.5. The quantitative estimate of drug-likeness (QED) is 0.263. The zero-order chi connectivity index (χ0) is 20.8. The van der Waals surface area contributed by atoms with Gasteiger partial charge in [-0.3, -0.25) is 0 Å². The molecule has 0 aromatic heterocycles. The first-order valence-electron chi connectivity index (χ1n) is 11.5. The van der Waals surface area contributed by atoms with Crippen molar-refractivity contribution in [1.29, 1.82) is 0 Å². The summed E-state index contributed by atoms with van der Waals surface area (Å²) in [4.78, 5) is 13.7. The molecular weight excluding hydrogens is 360 g/mol. The number of carbonyl (C=O) groups excluding carboxylic acids is 1. The van der Waals surface area contributed by atoms with Crippen LogP contribution in [0.1, 0.15) is 71.1 Å². The minimum atomic E-state index is 0.0472. The molecule has 29 heavy (non-hydrogen) atoms. The molecule has 1 heterocycles. The fourth-order valence-corrected chi connectivity index (χ4v) is 3.02. The molecule has 0 unspecified atom stereocenters. The molecule has 0 bridgehead atoms. The first-order chi connectivity index (χ1) is 14.3. The molecule has 0 aromatic carbocycles. The molecule has 1 aliphatic rings. The van der Waals surface area contributed by atoms with Crippen LogP contribution >= 0.6 is 0 Å². The van der Waals surface area contributed by atoms with Crippen LogP contribution in [0.15, 0.2) is 48.6 Å². The predicted molar refractivity (Wildman–Crippen MR) is 124 cm³/mol. The van der Waals surface area contributed by atoms with Crippen LogP contribution in [0.2, 0.25) is 0 Å². The van der Waals surface area contributed by atoms with E-state index in [1.807, 2.05) is 4.90 Å². The smallest absolute Gasteiger partial charge is 0.317 e. The third-order valence-electron chi connectivity index (χ3n) is 4.83. The number of hydrogen-bond donors (Lipinski definition) is 1. The molecule has 164 valence electrons. The molecule has 1 fully saturated rings. The van der Waals surface area contributed by atoms with Crippen molar-refractivity contribution in [2.24, 2.45) is 0 Å². The van der Waals surface area contributed by atoms with Crippen molar-refractivity contribution in [3.63, 3.8) is 0 Å². The average Bonchev–Trinajstić information content (AvgIpc) is 2.75. The fourth-order valence-electron chi connectivity index (χ4n) is 3.02. The van der Waals surface area contributed by atoms with Gasteiger partial charge in [0, 0.05) is 19.6 Å². The minimum Gasteiger partial charge on any atom is -0.378 e. The molecule has 1 aliphatic heterocycles. The third-order valence-corrected chi connectivity index (χ3v) is 4.83. The Labute approximate surface area is 178 Å². The average molecular weight is 403 g/mol. The van der Waals surface area contributed by atoms with Gasteiger partial charge in [-0.1, -0.05) is 68.4 Å². The van der Waals surface area contributed by atoms with Crippen LogP contribution in [0.4, 0.5) is 4.79 Å². The summed E-state index contributed by atoms with van der Waals surface area (Å²) in [7, 11) is 0. The van der Waals surface area contributed by atoms with Gasteiger partial charge in [0.25, 0.3) is 0 Å². The molecule has 4 nitrogen and oxygen atoms in total. The SMILES string of the molecule is CCCCC/C=C\C/C=C\C/C=C\C/C=C\CCCCNC(=O)N1CCOCC1. The standard InChI is InChI=1S/C25H42N2O2/c1-2-3-4-5-6-7-8-9-10-11-12-13-14-15-16-17-18-19-20-26-25(28)27-21-23-29-24-22-27/h6-7,9-10,12-13,15-16H,2-5,8,11,14,17-24H2,1H3,(H,26,28)/b7-6-,10-9-,13-12-,16-15-. The number of ether oxygens (including phenoxy) is 1. The molecule has 0 aromatic rings. The molecule has 1 saturated heterocycles. The van der Waals surface area contributed by atoms with Crippen LogP contribution in [-0.2, 0) is 4.74 Å². The van der Waals surface area contributed by atoms with E-state index >= 15 is 0 Å². The zero-order valence-electron chi connectivity index (χ0n) is 18.5. The van der Waals surface area contributed by atoms with E-state index in [4.69, 9.17) is 4.74 Å². The summed E-state index contributed by atoms with van der Waals surface area (Å²) < 4.78 is 5.25. The van der Waals surface area contributed by atoms with Crippen LogP contribution in [0.5, 0.6) is 0 Å². The van der Waals surface area contributed by atoms with Crippen molar-refractivity contribution in [3.8, 4) is 0 Å². The van der Waals surface area contributed by atoms with Gasteiger partial charge < -0.3 is 15.0 Å². The van der Waals surface area contributed by atoms with Crippen molar-refractivity contribution in [1.82, 2.24) is 10.2 Å². The Morgan fingerprint density at radius 3 is 1.86 bits per heavy atom. The molecule has 4 heteroatoms. The van der Waals surface area contributed by atoms with Crippen molar-refractivity contribution >= 4 is 6.03 Å². The number of rotatable bonds is 15. The van der Waals surface area contributed by atoms with Crippen molar-refractivity contribution in [3.05, 3.63) is 48.6 Å². The summed E-state index contributed by atoms with van der Waals surface area (Å²) >= 11 is 0. The van der Waals surface area contributed by atoms with Gasteiger partial charge >= 0.3 is 6.03 Å². The normalized spacial score (nSPS) is 15.4. The van der Waals surface area contributed by atoms with Crippen molar-refractivity contribution < 1.29 is 9.53 Å². The Bertz CT molecular complexity index is 503. The Kier molecular flexibility index (Phi) is 17.0. The van der Waals surface area contributed by atoms with Crippen molar-refractivity contribution in [2.45, 2.75) is 71.1 Å². The molecule has 1 rings (SSSR count). The lowest BCUT2D eigenvalue weighted by Crippen LogP contribution is -2.46. The van der Waals surface area contributed by atoms with Crippen molar-refractivity contribution in [2.75, 3.05) is 32.8 Å². The molecule has 1 N–H and O–H groups in total. The lowest BCUT2D eigenvalue weighted by atomic mass is 10.2. The fraction of sp³-hybridized carbons (Fsp3) is 0.640. The number of hydrogen-bond acceptors (Lipinski definition) is 2. The number of amides is 2. The minimum absolute atomic E-state index is 0.0472. The van der Waals surface area contributed by atoms with E-state index in [9.17, 15) is 4.79 Å². The van der Waals surface area contributed by atoms with Crippen LogP contribution in [0.3, 0.4) is 0 Å². The number of unbranched alkanes of at least 4 members (excludes halogenated alkanes) is 5. The number of urea groups is 1. The van der Waals surface area contributed by atoms with Crippen LogP contribution in [0, 0.1) is 0 Å². The van der Waals surface area contributed by atoms with E-state index in [0.29, 0.717) is 26.3 Å². The topological polar surface area (TPSA) is 41.6 Å². The predicted octanol–water partition coefficient (Wildman–Crippen LogP) is 6.17. The van der Waals surface area contributed by atoms with Gasteiger partial charge in [-0.05, 0) is 51.4 Å². The van der Waals surface area contributed by atoms with E-state index in [1.54, 1.807) is 0 Å². The Morgan fingerprint density at radius 2 is 1.31 bits per heavy atom. The van der Waals surface area contributed by atoms with Crippen LogP contribution in [0.25, 0.3) is 0 Å². The summed E-state index contributed by atoms with van der Waals surface area (Å²) in [6.45, 7) is 5.71. The molecule has 0 spiro atoms. The number of morpholine rings is 1. The van der Waals surface area contributed by atoms with Gasteiger partial charge in [-0.2, -0.15) is 0 Å². The van der Waals surface area contributed by atoms with Crippen LogP contribution in [-0.4, -0.2) is 43.8 Å². The van der Waals surface area contributed by atoms with E-state index in [-0.39, 0.29) is 6.03 Å². The first-order valence-corrected chi connectivity index (χ1v) is 11.5. The molecular formula is C25H42N2O2. The highest BCUT2D eigenvalue weighted by molar-refractivity contribution is 5.74. The molecule has 2 amide bonds. The van der Waals surface area contributed by atoms with E-state index in [2.05, 4.69) is 60.8 Å². The molecule has 0 radical (unpaired) electrons. The highest BCUT2D eigenvalue weighted by atomic mass is 16.5. The number of nitrogens with one attached hydrogen (secondary N) is 1. The second kappa shape index (κ2) is 19.5. The lowest BCUT2D eigenvalue weighted by molar-refractivity contribution is 0.0532. The number of nitrogens with zero attached hydrogens (tertiary/aromatic N) is 1. The van der Waals surface area contributed by atoms with E-state index in [1.165, 1.54) is 25.7 Å². The summed E-state index contributed by atoms with van der Waals surface area (Å²) in [6, 6.07) is 0.0472. The third kappa shape index (κ3) is 15.8. The summed E-state index contributed by atoms with van der Waals surface area (Å²) in [5.74, 6) is 0. The van der Waals surface area contributed by atoms with E-state index < -0.39 is 0 Å². The van der Waals surface area contributed by atoms with Gasteiger partial charge in [0.05, 0.1) is 13.2 Å². The van der Waals surface area contributed by atoms with Crippen LogP contribution < -0.4 is 5.32 Å². The summed E-state index contributed by atoms with van der Waals surface area (Å²) in [5, 5.41) is 2.99. The summed E-state index contributed by atoms with van der Waals surface area (Å²) in [6.07, 6.45) is 29.4. The molecule has 0 atom stereocenters. The number of carbonyl (C=O) groups is 1. The maximum Gasteiger partial charge on any atom is 0.317 e. The highest BCUT2D eigenvalue weighted by Crippen LogP contribution is 2.02. The van der Waals surface area contributed by atoms with Gasteiger partial charge in [0.1, 0.15) is 0 Å². The Morgan fingerprint density at radius 1 is 0.793 bits per heavy atom. The second-order valence-corrected chi connectivity index (χ2v) is 7.42. The Hall–Kier alpha value is -1.81. The lowest BCUT2D eigenvalue weighted by Gasteiger charge is -2.26. The largest absolute Gasteiger partial charge is 0.378 e. The van der Waals surface area contributed by atoms with Gasteiger partial charge in [-0.15, -0.1) is 0 Å². The highest BCUT2D eigenvalue weighted by Gasteiger charge is 2.15. The second-order valence-electron chi connectivity index (χ2n) is 7.42. The molecule has 0 aliphatic carbocycles. The first kappa shape index (κ1) is 25.2. The van der Waals surface area contributed by atoms with E-state index in [0.717, 1.165) is 45.1 Å². The molecule has 0 saturated carbocycles. The van der Waals surface area contributed by atoms with Gasteiger partial charge in [-0.25, -0.2) is 4.79 Å². The van der Waals surface area contributed by atoms with Gasteiger partial charge in [0.15, 0.2) is 0 Å². The maximum absolute atomic E-state index is 11.9. The maximum atomic E-state index is 11.9.